The van der Waals surface area contributed by atoms with E-state index in [1.807, 2.05) is 91.0 Å². The topological polar surface area (TPSA) is 80.3 Å². The van der Waals surface area contributed by atoms with Crippen molar-refractivity contribution in [1.82, 2.24) is 5.32 Å². The SMILES string of the molecule is O=CN1CCc2c(OCC(O)CNCC(Cc3ccccc3)Oc3ccccc3OCc3ccccc3)cccc21. The fourth-order valence-electron chi connectivity index (χ4n) is 4.94. The van der Waals surface area contributed by atoms with Gasteiger partial charge in [0.1, 0.15) is 31.2 Å². The van der Waals surface area contributed by atoms with Gasteiger partial charge in [-0.2, -0.15) is 0 Å². The van der Waals surface area contributed by atoms with E-state index in [4.69, 9.17) is 14.2 Å². The van der Waals surface area contributed by atoms with Crippen molar-refractivity contribution in [3.63, 3.8) is 0 Å². The minimum Gasteiger partial charge on any atom is -0.490 e. The molecule has 2 atom stereocenters. The first kappa shape index (κ1) is 28.2. The van der Waals surface area contributed by atoms with Crippen LogP contribution in [0.4, 0.5) is 5.69 Å². The fraction of sp³-hybridized carbons (Fsp3) is 0.265. The van der Waals surface area contributed by atoms with E-state index in [0.717, 1.165) is 35.2 Å². The predicted molar refractivity (Wildman–Crippen MR) is 160 cm³/mol. The number of rotatable bonds is 15. The molecule has 4 aromatic carbocycles. The maximum Gasteiger partial charge on any atom is 0.214 e. The quantitative estimate of drug-likeness (QED) is 0.206. The molecule has 2 unspecified atom stereocenters. The monoisotopic (exact) mass is 552 g/mol. The van der Waals surface area contributed by atoms with Crippen LogP contribution in [0.2, 0.25) is 0 Å². The third-order valence-electron chi connectivity index (χ3n) is 7.02. The summed E-state index contributed by atoms with van der Waals surface area (Å²) in [5.41, 5.74) is 4.12. The second kappa shape index (κ2) is 14.3. The lowest BCUT2D eigenvalue weighted by atomic mass is 10.1. The average molecular weight is 553 g/mol. The average Bonchev–Trinajstić information content (AvgIpc) is 3.44. The summed E-state index contributed by atoms with van der Waals surface area (Å²) in [4.78, 5) is 13.0. The lowest BCUT2D eigenvalue weighted by Gasteiger charge is -2.23. The molecule has 1 amide bonds. The Hall–Kier alpha value is -4.33. The van der Waals surface area contributed by atoms with E-state index < -0.39 is 6.10 Å². The van der Waals surface area contributed by atoms with Crippen LogP contribution in [0, 0.1) is 0 Å². The number of nitrogens with one attached hydrogen (secondary N) is 1. The number of fused-ring (bicyclic) bond motifs is 1. The number of aliphatic hydroxyl groups is 1. The maximum atomic E-state index is 11.3. The molecule has 2 N–H and O–H groups in total. The summed E-state index contributed by atoms with van der Waals surface area (Å²) in [5.74, 6) is 2.08. The van der Waals surface area contributed by atoms with Crippen LogP contribution in [0.25, 0.3) is 0 Å². The first-order chi connectivity index (χ1) is 20.2. The van der Waals surface area contributed by atoms with Crippen molar-refractivity contribution in [3.05, 3.63) is 120 Å². The first-order valence-electron chi connectivity index (χ1n) is 14.0. The number of benzene rings is 4. The van der Waals surface area contributed by atoms with E-state index >= 15 is 0 Å². The normalized spacial score (nSPS) is 13.7. The Balaban J connectivity index is 1.17. The van der Waals surface area contributed by atoms with Crippen molar-refractivity contribution in [3.8, 4) is 17.2 Å². The highest BCUT2D eigenvalue weighted by Gasteiger charge is 2.22. The van der Waals surface area contributed by atoms with Crippen molar-refractivity contribution >= 4 is 12.1 Å². The van der Waals surface area contributed by atoms with Crippen LogP contribution in [0.3, 0.4) is 0 Å². The van der Waals surface area contributed by atoms with Crippen LogP contribution in [-0.4, -0.2) is 50.0 Å². The molecule has 0 bridgehead atoms. The number of carbonyl (C=O) groups is 1. The van der Waals surface area contributed by atoms with Gasteiger partial charge < -0.3 is 29.5 Å². The molecule has 0 aromatic heterocycles. The number of amides is 1. The second-order valence-corrected chi connectivity index (χ2v) is 10.1. The van der Waals surface area contributed by atoms with E-state index in [1.165, 1.54) is 0 Å². The molecule has 0 saturated heterocycles. The summed E-state index contributed by atoms with van der Waals surface area (Å²) >= 11 is 0. The summed E-state index contributed by atoms with van der Waals surface area (Å²) in [6.07, 6.45) is 1.37. The van der Waals surface area contributed by atoms with Gasteiger partial charge in [0.2, 0.25) is 6.41 Å². The Kier molecular flexibility index (Phi) is 9.87. The minimum atomic E-state index is -0.715. The Morgan fingerprint density at radius 1 is 0.780 bits per heavy atom. The van der Waals surface area contributed by atoms with Gasteiger partial charge in [0.15, 0.2) is 11.5 Å². The fourth-order valence-corrected chi connectivity index (χ4v) is 4.94. The van der Waals surface area contributed by atoms with E-state index in [-0.39, 0.29) is 12.7 Å². The number of carbonyl (C=O) groups excluding carboxylic acids is 1. The van der Waals surface area contributed by atoms with E-state index in [9.17, 15) is 9.90 Å². The molecule has 7 nitrogen and oxygen atoms in total. The van der Waals surface area contributed by atoms with Crippen molar-refractivity contribution in [2.24, 2.45) is 0 Å². The van der Waals surface area contributed by atoms with Crippen LogP contribution in [0.15, 0.2) is 103 Å². The van der Waals surface area contributed by atoms with Crippen molar-refractivity contribution in [2.75, 3.05) is 31.1 Å². The number of aliphatic hydroxyl groups excluding tert-OH is 1. The molecule has 0 spiro atoms. The van der Waals surface area contributed by atoms with E-state index in [0.29, 0.717) is 49.9 Å². The maximum absolute atomic E-state index is 11.3. The van der Waals surface area contributed by atoms with E-state index in [2.05, 4.69) is 17.4 Å². The Morgan fingerprint density at radius 3 is 2.22 bits per heavy atom. The van der Waals surface area contributed by atoms with Gasteiger partial charge in [-0.1, -0.05) is 78.9 Å². The van der Waals surface area contributed by atoms with Gasteiger partial charge in [-0.05, 0) is 41.8 Å². The van der Waals surface area contributed by atoms with Crippen LogP contribution in [-0.2, 0) is 24.2 Å². The van der Waals surface area contributed by atoms with Crippen molar-refractivity contribution in [1.29, 1.82) is 0 Å². The molecule has 7 heteroatoms. The molecule has 1 aliphatic heterocycles. The zero-order chi connectivity index (χ0) is 28.3. The second-order valence-electron chi connectivity index (χ2n) is 10.1. The largest absolute Gasteiger partial charge is 0.490 e. The van der Waals surface area contributed by atoms with Crippen LogP contribution >= 0.6 is 0 Å². The zero-order valence-electron chi connectivity index (χ0n) is 23.0. The molecule has 4 aromatic rings. The Labute approximate surface area is 241 Å². The van der Waals surface area contributed by atoms with Crippen molar-refractivity contribution in [2.45, 2.75) is 31.7 Å². The van der Waals surface area contributed by atoms with Gasteiger partial charge in [-0.25, -0.2) is 0 Å². The van der Waals surface area contributed by atoms with Gasteiger partial charge in [0, 0.05) is 31.6 Å². The van der Waals surface area contributed by atoms with Crippen LogP contribution in [0.5, 0.6) is 17.2 Å². The molecule has 1 heterocycles. The molecular formula is C34H36N2O5. The zero-order valence-corrected chi connectivity index (χ0v) is 23.0. The summed E-state index contributed by atoms with van der Waals surface area (Å²) in [7, 11) is 0. The summed E-state index contributed by atoms with van der Waals surface area (Å²) in [5, 5.41) is 14.0. The molecule has 212 valence electrons. The molecule has 0 aliphatic carbocycles. The number of para-hydroxylation sites is 2. The number of hydrogen-bond donors (Lipinski definition) is 2. The third-order valence-corrected chi connectivity index (χ3v) is 7.02. The lowest BCUT2D eigenvalue weighted by Crippen LogP contribution is -2.39. The van der Waals surface area contributed by atoms with Gasteiger partial charge in [0.05, 0.1) is 5.69 Å². The smallest absolute Gasteiger partial charge is 0.214 e. The number of anilines is 1. The lowest BCUT2D eigenvalue weighted by molar-refractivity contribution is -0.107. The van der Waals surface area contributed by atoms with Crippen LogP contribution in [0.1, 0.15) is 16.7 Å². The van der Waals surface area contributed by atoms with Gasteiger partial charge in [-0.15, -0.1) is 0 Å². The van der Waals surface area contributed by atoms with Crippen LogP contribution < -0.4 is 24.4 Å². The number of ether oxygens (including phenoxy) is 3. The Bertz CT molecular complexity index is 1380. The molecule has 0 saturated carbocycles. The summed E-state index contributed by atoms with van der Waals surface area (Å²) < 4.78 is 18.5. The summed E-state index contributed by atoms with van der Waals surface area (Å²) in [6.45, 7) is 2.11. The third kappa shape index (κ3) is 7.87. The molecule has 1 aliphatic rings. The molecule has 5 rings (SSSR count). The highest BCUT2D eigenvalue weighted by molar-refractivity contribution is 5.81. The number of nitrogens with zero attached hydrogens (tertiary/aromatic N) is 1. The minimum absolute atomic E-state index is 0.144. The van der Waals surface area contributed by atoms with Crippen molar-refractivity contribution < 1.29 is 24.1 Å². The summed E-state index contributed by atoms with van der Waals surface area (Å²) in [6, 6.07) is 33.6. The highest BCUT2D eigenvalue weighted by atomic mass is 16.5. The van der Waals surface area contributed by atoms with Gasteiger partial charge in [0.25, 0.3) is 0 Å². The molecule has 0 radical (unpaired) electrons. The molecular weight excluding hydrogens is 516 g/mol. The Morgan fingerprint density at radius 2 is 1.46 bits per heavy atom. The van der Waals surface area contributed by atoms with Gasteiger partial charge >= 0.3 is 0 Å². The number of hydrogen-bond acceptors (Lipinski definition) is 6. The molecule has 0 fully saturated rings. The highest BCUT2D eigenvalue weighted by Crippen LogP contribution is 2.34. The predicted octanol–water partition coefficient (Wildman–Crippen LogP) is 4.80. The molecule has 41 heavy (non-hydrogen) atoms. The first-order valence-corrected chi connectivity index (χ1v) is 14.0. The standard InChI is InChI=1S/C34H36N2O5/c37-25-36-19-18-30-31(36)14-9-17-32(30)40-24-28(38)21-35-22-29(20-26-10-3-1-4-11-26)41-34-16-8-7-15-33(34)39-23-27-12-5-2-6-13-27/h1-17,25,28-29,35,38H,18-24H2. The van der Waals surface area contributed by atoms with E-state index in [1.54, 1.807) is 4.90 Å². The van der Waals surface area contributed by atoms with Gasteiger partial charge in [-0.3, -0.25) is 4.79 Å².